The van der Waals surface area contributed by atoms with Gasteiger partial charge in [-0.25, -0.2) is 9.37 Å². The first-order chi connectivity index (χ1) is 15.1. The van der Waals surface area contributed by atoms with E-state index in [4.69, 9.17) is 0 Å². The van der Waals surface area contributed by atoms with Crippen LogP contribution in [0.25, 0.3) is 21.7 Å². The van der Waals surface area contributed by atoms with E-state index in [2.05, 4.69) is 25.4 Å². The van der Waals surface area contributed by atoms with Gasteiger partial charge in [-0.3, -0.25) is 0 Å². The normalized spacial score (nSPS) is 19.0. The van der Waals surface area contributed by atoms with Gasteiger partial charge in [0.1, 0.15) is 11.6 Å². The van der Waals surface area contributed by atoms with Crippen molar-refractivity contribution >= 4 is 17.2 Å². The molecule has 2 fully saturated rings. The molecule has 1 aliphatic carbocycles. The number of nitrogens with one attached hydrogen (secondary N) is 1. The summed E-state index contributed by atoms with van der Waals surface area (Å²) in [6.45, 7) is 3.88. The fraction of sp³-hybridized carbons (Fsp3) is 0.435. The van der Waals surface area contributed by atoms with Crippen molar-refractivity contribution in [1.29, 1.82) is 0 Å². The maximum absolute atomic E-state index is 14.8. The first-order valence-electron chi connectivity index (χ1n) is 10.9. The van der Waals surface area contributed by atoms with Gasteiger partial charge in [0.15, 0.2) is 5.82 Å². The van der Waals surface area contributed by atoms with Crippen LogP contribution in [0.4, 0.5) is 10.2 Å². The van der Waals surface area contributed by atoms with E-state index < -0.39 is 5.82 Å². The van der Waals surface area contributed by atoms with Crippen LogP contribution in [0.3, 0.4) is 0 Å². The van der Waals surface area contributed by atoms with Crippen LogP contribution in [0.5, 0.6) is 5.75 Å². The second kappa shape index (κ2) is 8.51. The molecule has 0 spiro atoms. The number of anilines is 1. The fourth-order valence-corrected chi connectivity index (χ4v) is 5.08. The van der Waals surface area contributed by atoms with Gasteiger partial charge in [-0.2, -0.15) is 0 Å². The summed E-state index contributed by atoms with van der Waals surface area (Å²) in [7, 11) is 0. The third-order valence-electron chi connectivity index (χ3n) is 6.22. The standard InChI is InChI=1S/C23H26FN5OS/c1-2-23-25-12-21(31-23)16-11-20(30)17(10-18(16)24)19-6-7-22(28-27-19)29-9-8-15(13-29)26-14-4-3-5-14/h6-7,10-12,14-15,26,30H,2-5,8-9,13H2,1H3. The number of aryl methyl sites for hydroxylation is 1. The molecule has 1 unspecified atom stereocenters. The van der Waals surface area contributed by atoms with Crippen molar-refractivity contribution in [2.45, 2.75) is 51.1 Å². The second-order valence-corrected chi connectivity index (χ2v) is 9.44. The van der Waals surface area contributed by atoms with E-state index in [-0.39, 0.29) is 5.75 Å². The van der Waals surface area contributed by atoms with Crippen molar-refractivity contribution in [3.63, 3.8) is 0 Å². The van der Waals surface area contributed by atoms with Gasteiger partial charge < -0.3 is 15.3 Å². The molecule has 162 valence electrons. The molecule has 0 amide bonds. The molecule has 0 bridgehead atoms. The molecule has 3 aromatic rings. The Morgan fingerprint density at radius 1 is 1.16 bits per heavy atom. The van der Waals surface area contributed by atoms with Crippen LogP contribution in [0.2, 0.25) is 0 Å². The SMILES string of the molecule is CCc1ncc(-c2cc(O)c(-c3ccc(N4CCC(NC5CCC5)C4)nn3)cc2F)s1. The highest BCUT2D eigenvalue weighted by Gasteiger charge is 2.28. The molecule has 2 aromatic heterocycles. The van der Waals surface area contributed by atoms with Crippen molar-refractivity contribution in [2.24, 2.45) is 0 Å². The summed E-state index contributed by atoms with van der Waals surface area (Å²) in [5.74, 6) is 0.389. The maximum Gasteiger partial charge on any atom is 0.151 e. The first kappa shape index (κ1) is 20.3. The van der Waals surface area contributed by atoms with Crippen LogP contribution >= 0.6 is 11.3 Å². The molecule has 5 rings (SSSR count). The van der Waals surface area contributed by atoms with Crippen LogP contribution in [0, 0.1) is 5.82 Å². The Bertz CT molecular complexity index is 1070. The molecule has 6 nitrogen and oxygen atoms in total. The van der Waals surface area contributed by atoms with Gasteiger partial charge in [0.2, 0.25) is 0 Å². The first-order valence-corrected chi connectivity index (χ1v) is 11.7. The van der Waals surface area contributed by atoms with Crippen molar-refractivity contribution < 1.29 is 9.50 Å². The highest BCUT2D eigenvalue weighted by molar-refractivity contribution is 7.15. The Balaban J connectivity index is 1.32. The molecule has 1 aromatic carbocycles. The lowest BCUT2D eigenvalue weighted by molar-refractivity contribution is 0.311. The van der Waals surface area contributed by atoms with E-state index in [0.717, 1.165) is 36.8 Å². The molecule has 2 aliphatic rings. The zero-order valence-corrected chi connectivity index (χ0v) is 18.3. The summed E-state index contributed by atoms with van der Waals surface area (Å²) in [5, 5.41) is 23.8. The topological polar surface area (TPSA) is 74.2 Å². The minimum atomic E-state index is -0.408. The Kier molecular flexibility index (Phi) is 5.58. The number of rotatable bonds is 6. The third kappa shape index (κ3) is 4.14. The molecule has 2 N–H and O–H groups in total. The maximum atomic E-state index is 14.8. The van der Waals surface area contributed by atoms with Crippen LogP contribution in [0.1, 0.15) is 37.6 Å². The molecule has 31 heavy (non-hydrogen) atoms. The smallest absolute Gasteiger partial charge is 0.151 e. The van der Waals surface area contributed by atoms with Gasteiger partial charge >= 0.3 is 0 Å². The van der Waals surface area contributed by atoms with E-state index >= 15 is 0 Å². The number of halogens is 1. The van der Waals surface area contributed by atoms with Crippen LogP contribution in [-0.4, -0.2) is 45.5 Å². The highest BCUT2D eigenvalue weighted by atomic mass is 32.1. The lowest BCUT2D eigenvalue weighted by Gasteiger charge is -2.29. The number of hydrogen-bond acceptors (Lipinski definition) is 7. The molecule has 1 atom stereocenters. The van der Waals surface area contributed by atoms with E-state index in [1.165, 1.54) is 42.7 Å². The number of aromatic nitrogens is 3. The minimum Gasteiger partial charge on any atom is -0.507 e. The van der Waals surface area contributed by atoms with Crippen molar-refractivity contribution in [3.05, 3.63) is 41.3 Å². The molecule has 0 radical (unpaired) electrons. The van der Waals surface area contributed by atoms with Gasteiger partial charge in [-0.1, -0.05) is 13.3 Å². The third-order valence-corrected chi connectivity index (χ3v) is 7.40. The Morgan fingerprint density at radius 2 is 2.03 bits per heavy atom. The van der Waals surface area contributed by atoms with E-state index in [0.29, 0.717) is 33.8 Å². The number of benzene rings is 1. The van der Waals surface area contributed by atoms with Crippen LogP contribution in [-0.2, 0) is 6.42 Å². The number of nitrogens with zero attached hydrogens (tertiary/aromatic N) is 4. The summed E-state index contributed by atoms with van der Waals surface area (Å²) in [6, 6.07) is 7.65. The number of phenolic OH excluding ortho intramolecular Hbond substituents is 1. The second-order valence-electron chi connectivity index (χ2n) is 8.32. The zero-order valence-electron chi connectivity index (χ0n) is 17.5. The van der Waals surface area contributed by atoms with Gasteiger partial charge in [-0.05, 0) is 49.9 Å². The highest BCUT2D eigenvalue weighted by Crippen LogP contribution is 2.37. The summed E-state index contributed by atoms with van der Waals surface area (Å²) >= 11 is 1.43. The van der Waals surface area contributed by atoms with Crippen molar-refractivity contribution in [1.82, 2.24) is 20.5 Å². The van der Waals surface area contributed by atoms with Gasteiger partial charge in [0.05, 0.1) is 15.6 Å². The summed E-state index contributed by atoms with van der Waals surface area (Å²) in [4.78, 5) is 7.21. The summed E-state index contributed by atoms with van der Waals surface area (Å²) in [6.07, 6.45) is 7.45. The van der Waals surface area contributed by atoms with Crippen LogP contribution in [0.15, 0.2) is 30.5 Å². The van der Waals surface area contributed by atoms with E-state index in [9.17, 15) is 9.50 Å². The number of aromatic hydroxyl groups is 1. The van der Waals surface area contributed by atoms with Gasteiger partial charge in [0.25, 0.3) is 0 Å². The lowest BCUT2D eigenvalue weighted by Crippen LogP contribution is -2.43. The van der Waals surface area contributed by atoms with Gasteiger partial charge in [-0.15, -0.1) is 21.5 Å². The van der Waals surface area contributed by atoms with E-state index in [1.54, 1.807) is 12.3 Å². The monoisotopic (exact) mass is 439 g/mol. The molecule has 3 heterocycles. The summed E-state index contributed by atoms with van der Waals surface area (Å²) < 4.78 is 14.8. The predicted octanol–water partition coefficient (Wildman–Crippen LogP) is 4.40. The molecule has 1 saturated carbocycles. The van der Waals surface area contributed by atoms with Crippen LogP contribution < -0.4 is 10.2 Å². The fourth-order valence-electron chi connectivity index (χ4n) is 4.20. The average molecular weight is 440 g/mol. The lowest BCUT2D eigenvalue weighted by atomic mass is 9.92. The molecule has 8 heteroatoms. The minimum absolute atomic E-state index is 0.0177. The molecule has 1 aliphatic heterocycles. The average Bonchev–Trinajstić information content (AvgIpc) is 3.42. The van der Waals surface area contributed by atoms with E-state index in [1.807, 2.05) is 13.0 Å². The number of hydrogen-bond donors (Lipinski definition) is 2. The Hall–Kier alpha value is -2.58. The molecular weight excluding hydrogens is 413 g/mol. The van der Waals surface area contributed by atoms with Crippen molar-refractivity contribution in [2.75, 3.05) is 18.0 Å². The van der Waals surface area contributed by atoms with Gasteiger partial charge in [0, 0.05) is 42.5 Å². The number of thiazole rings is 1. The molecular formula is C23H26FN5OS. The predicted molar refractivity (Wildman–Crippen MR) is 121 cm³/mol. The Labute approximate surface area is 185 Å². The Morgan fingerprint density at radius 3 is 2.71 bits per heavy atom. The summed E-state index contributed by atoms with van der Waals surface area (Å²) in [5.41, 5.74) is 1.14. The van der Waals surface area contributed by atoms with Crippen molar-refractivity contribution in [3.8, 4) is 27.4 Å². The number of phenols is 1. The molecule has 1 saturated heterocycles. The zero-order chi connectivity index (χ0) is 21.4. The largest absolute Gasteiger partial charge is 0.507 e. The quantitative estimate of drug-likeness (QED) is 0.593.